The highest BCUT2D eigenvalue weighted by Crippen LogP contribution is 2.27. The SMILES string of the molecule is CC(C)Cc1ccc(-c2csc(NC(=O)c3cc(Cl)ccc3Cl)n2)cc1. The first kappa shape index (κ1) is 18.9. The molecule has 3 nitrogen and oxygen atoms in total. The van der Waals surface area contributed by atoms with Crippen molar-refractivity contribution in [2.24, 2.45) is 5.92 Å². The van der Waals surface area contributed by atoms with Gasteiger partial charge in [-0.15, -0.1) is 11.3 Å². The van der Waals surface area contributed by atoms with E-state index in [1.54, 1.807) is 18.2 Å². The molecule has 6 heteroatoms. The zero-order chi connectivity index (χ0) is 18.7. The van der Waals surface area contributed by atoms with Gasteiger partial charge in [0.15, 0.2) is 5.13 Å². The predicted octanol–water partition coefficient (Wildman–Crippen LogP) is 6.57. The molecule has 0 saturated heterocycles. The number of carbonyl (C=O) groups excluding carboxylic acids is 1. The van der Waals surface area contributed by atoms with Gasteiger partial charge < -0.3 is 0 Å². The Kier molecular flexibility index (Phi) is 5.97. The lowest BCUT2D eigenvalue weighted by atomic mass is 10.0. The van der Waals surface area contributed by atoms with Crippen LogP contribution in [0.4, 0.5) is 5.13 Å². The number of nitrogens with one attached hydrogen (secondary N) is 1. The number of benzene rings is 2. The number of halogens is 2. The van der Waals surface area contributed by atoms with Gasteiger partial charge in [0.05, 0.1) is 16.3 Å². The molecule has 0 spiro atoms. The molecule has 0 aliphatic carbocycles. The smallest absolute Gasteiger partial charge is 0.259 e. The molecule has 0 saturated carbocycles. The van der Waals surface area contributed by atoms with E-state index >= 15 is 0 Å². The first-order chi connectivity index (χ1) is 12.4. The van der Waals surface area contributed by atoms with Gasteiger partial charge in [-0.25, -0.2) is 4.98 Å². The first-order valence-electron chi connectivity index (χ1n) is 8.23. The van der Waals surface area contributed by atoms with Crippen molar-refractivity contribution < 1.29 is 4.79 Å². The average Bonchev–Trinajstić information content (AvgIpc) is 3.05. The average molecular weight is 405 g/mol. The van der Waals surface area contributed by atoms with Gasteiger partial charge in [0.1, 0.15) is 0 Å². The molecule has 0 fully saturated rings. The van der Waals surface area contributed by atoms with E-state index < -0.39 is 0 Å². The van der Waals surface area contributed by atoms with Gasteiger partial charge in [0.2, 0.25) is 0 Å². The van der Waals surface area contributed by atoms with Gasteiger partial charge >= 0.3 is 0 Å². The Morgan fingerprint density at radius 2 is 1.88 bits per heavy atom. The molecule has 0 aliphatic heterocycles. The van der Waals surface area contributed by atoms with Crippen LogP contribution in [-0.2, 0) is 6.42 Å². The number of carbonyl (C=O) groups is 1. The summed E-state index contributed by atoms with van der Waals surface area (Å²) in [4.78, 5) is 16.9. The van der Waals surface area contributed by atoms with E-state index in [2.05, 4.69) is 48.4 Å². The highest BCUT2D eigenvalue weighted by molar-refractivity contribution is 7.14. The highest BCUT2D eigenvalue weighted by Gasteiger charge is 2.13. The fourth-order valence-corrected chi connectivity index (χ4v) is 3.67. The summed E-state index contributed by atoms with van der Waals surface area (Å²) in [6.07, 6.45) is 1.05. The van der Waals surface area contributed by atoms with E-state index in [1.807, 2.05) is 5.38 Å². The van der Waals surface area contributed by atoms with Crippen LogP contribution in [0.2, 0.25) is 10.0 Å². The lowest BCUT2D eigenvalue weighted by molar-refractivity contribution is 0.102. The number of hydrogen-bond acceptors (Lipinski definition) is 3. The van der Waals surface area contributed by atoms with Crippen LogP contribution in [0.1, 0.15) is 29.8 Å². The quantitative estimate of drug-likeness (QED) is 0.522. The Morgan fingerprint density at radius 1 is 1.15 bits per heavy atom. The Hall–Kier alpha value is -1.88. The number of thiazole rings is 1. The summed E-state index contributed by atoms with van der Waals surface area (Å²) in [6.45, 7) is 4.41. The second-order valence-corrected chi connectivity index (χ2v) is 8.11. The van der Waals surface area contributed by atoms with Crippen LogP contribution >= 0.6 is 34.5 Å². The van der Waals surface area contributed by atoms with Gasteiger partial charge in [0.25, 0.3) is 5.91 Å². The van der Waals surface area contributed by atoms with Gasteiger partial charge in [-0.3, -0.25) is 10.1 Å². The predicted molar refractivity (Wildman–Crippen MR) is 111 cm³/mol. The standard InChI is InChI=1S/C20H18Cl2N2OS/c1-12(2)9-13-3-5-14(6-4-13)18-11-26-20(23-18)24-19(25)16-10-15(21)7-8-17(16)22/h3-8,10-12H,9H2,1-2H3,(H,23,24,25). The number of anilines is 1. The van der Waals surface area contributed by atoms with Gasteiger partial charge in [-0.2, -0.15) is 0 Å². The molecule has 26 heavy (non-hydrogen) atoms. The zero-order valence-electron chi connectivity index (χ0n) is 14.4. The summed E-state index contributed by atoms with van der Waals surface area (Å²) < 4.78 is 0. The third kappa shape index (κ3) is 4.64. The van der Waals surface area contributed by atoms with E-state index in [0.717, 1.165) is 17.7 Å². The Bertz CT molecular complexity index is 920. The van der Waals surface area contributed by atoms with Crippen molar-refractivity contribution in [1.29, 1.82) is 0 Å². The van der Waals surface area contributed by atoms with Gasteiger partial charge in [-0.05, 0) is 36.1 Å². The molecule has 1 heterocycles. The van der Waals surface area contributed by atoms with Crippen molar-refractivity contribution in [1.82, 2.24) is 4.98 Å². The monoisotopic (exact) mass is 404 g/mol. The van der Waals surface area contributed by atoms with Crippen LogP contribution < -0.4 is 5.32 Å². The van der Waals surface area contributed by atoms with Crippen LogP contribution in [0.25, 0.3) is 11.3 Å². The van der Waals surface area contributed by atoms with Crippen LogP contribution in [-0.4, -0.2) is 10.9 Å². The summed E-state index contributed by atoms with van der Waals surface area (Å²) in [5.41, 5.74) is 3.49. The fourth-order valence-electron chi connectivity index (χ4n) is 2.58. The van der Waals surface area contributed by atoms with Crippen molar-refractivity contribution in [3.63, 3.8) is 0 Å². The third-order valence-electron chi connectivity index (χ3n) is 3.79. The summed E-state index contributed by atoms with van der Waals surface area (Å²) in [5, 5.41) is 6.03. The van der Waals surface area contributed by atoms with Gasteiger partial charge in [-0.1, -0.05) is 61.3 Å². The van der Waals surface area contributed by atoms with E-state index in [0.29, 0.717) is 26.7 Å². The van der Waals surface area contributed by atoms with Crippen LogP contribution in [0.3, 0.4) is 0 Å². The number of rotatable bonds is 5. The zero-order valence-corrected chi connectivity index (χ0v) is 16.8. The minimum absolute atomic E-state index is 0.328. The third-order valence-corrected chi connectivity index (χ3v) is 5.11. The highest BCUT2D eigenvalue weighted by atomic mass is 35.5. The van der Waals surface area contributed by atoms with Crippen molar-refractivity contribution in [3.05, 3.63) is 69.0 Å². The molecule has 0 radical (unpaired) electrons. The maximum atomic E-state index is 12.4. The summed E-state index contributed by atoms with van der Waals surface area (Å²) in [6, 6.07) is 13.2. The van der Waals surface area contributed by atoms with Crippen molar-refractivity contribution >= 4 is 45.6 Å². The van der Waals surface area contributed by atoms with Crippen molar-refractivity contribution in [3.8, 4) is 11.3 Å². The molecule has 3 aromatic rings. The van der Waals surface area contributed by atoms with Crippen molar-refractivity contribution in [2.75, 3.05) is 5.32 Å². The minimum Gasteiger partial charge on any atom is -0.298 e. The molecule has 0 unspecified atom stereocenters. The molecule has 0 atom stereocenters. The Balaban J connectivity index is 1.73. The van der Waals surface area contributed by atoms with E-state index in [9.17, 15) is 4.79 Å². The number of aromatic nitrogens is 1. The normalized spacial score (nSPS) is 11.0. The maximum absolute atomic E-state index is 12.4. The Morgan fingerprint density at radius 3 is 2.58 bits per heavy atom. The van der Waals surface area contributed by atoms with Crippen molar-refractivity contribution in [2.45, 2.75) is 20.3 Å². The number of nitrogens with zero attached hydrogens (tertiary/aromatic N) is 1. The van der Waals surface area contributed by atoms with Crippen LogP contribution in [0, 0.1) is 5.92 Å². The lowest BCUT2D eigenvalue weighted by Crippen LogP contribution is -2.12. The second-order valence-electron chi connectivity index (χ2n) is 6.41. The number of amides is 1. The molecule has 3 rings (SSSR count). The largest absolute Gasteiger partial charge is 0.298 e. The Labute approximate surface area is 167 Å². The summed E-state index contributed by atoms with van der Waals surface area (Å²) >= 11 is 13.4. The summed E-state index contributed by atoms with van der Waals surface area (Å²) in [5.74, 6) is 0.297. The molecule has 0 bridgehead atoms. The second kappa shape index (κ2) is 8.21. The van der Waals surface area contributed by atoms with Gasteiger partial charge in [0, 0.05) is 16.0 Å². The molecule has 2 aromatic carbocycles. The van der Waals surface area contributed by atoms with E-state index in [4.69, 9.17) is 23.2 Å². The molecule has 134 valence electrons. The molecule has 0 aliphatic rings. The molecule has 1 aromatic heterocycles. The molecule has 1 N–H and O–H groups in total. The first-order valence-corrected chi connectivity index (χ1v) is 9.87. The molecule has 1 amide bonds. The lowest BCUT2D eigenvalue weighted by Gasteiger charge is -2.05. The fraction of sp³-hybridized carbons (Fsp3) is 0.200. The summed E-state index contributed by atoms with van der Waals surface area (Å²) in [7, 11) is 0. The topological polar surface area (TPSA) is 42.0 Å². The van der Waals surface area contributed by atoms with E-state index in [1.165, 1.54) is 16.9 Å². The molecular formula is C20H18Cl2N2OS. The molecular weight excluding hydrogens is 387 g/mol. The van der Waals surface area contributed by atoms with E-state index in [-0.39, 0.29) is 5.91 Å². The maximum Gasteiger partial charge on any atom is 0.259 e. The van der Waals surface area contributed by atoms with Crippen LogP contribution in [0.15, 0.2) is 47.8 Å². The van der Waals surface area contributed by atoms with Crippen LogP contribution in [0.5, 0.6) is 0 Å². The number of hydrogen-bond donors (Lipinski definition) is 1. The minimum atomic E-state index is -0.328.